The predicted octanol–water partition coefficient (Wildman–Crippen LogP) is 2.46. The molecule has 1 aliphatic rings. The maximum Gasteiger partial charge on any atom is 0.404 e. The second kappa shape index (κ2) is 4.37. The Kier molecular flexibility index (Phi) is 3.69. The normalized spacial score (nSPS) is 26.1. The van der Waals surface area contributed by atoms with Crippen molar-refractivity contribution in [3.05, 3.63) is 0 Å². The topological polar surface area (TPSA) is 58.6 Å². The van der Waals surface area contributed by atoms with Crippen LogP contribution in [0, 0.1) is 0 Å². The first-order valence-corrected chi connectivity index (χ1v) is 9.29. The van der Waals surface area contributed by atoms with Gasteiger partial charge in [-0.2, -0.15) is 0 Å². The third-order valence-corrected chi connectivity index (χ3v) is 7.42. The van der Waals surface area contributed by atoms with Gasteiger partial charge in [-0.1, -0.05) is 19.6 Å². The van der Waals surface area contributed by atoms with Crippen LogP contribution in [0.25, 0.3) is 0 Å². The highest BCUT2D eigenvalue weighted by molar-refractivity contribution is 6.78. The maximum atomic E-state index is 10.4. The molecular formula is C11H23NO3Si. The average molecular weight is 245 g/mol. The standard InChI is InChI=1S/C11H23NO3Si/c1-11(2,16(3,4)5)15-9-6-8(7-9)12-10(13)14/h8-9,12H,6-7H2,1-5H3,(H,13,14)/t8-,9+. The lowest BCUT2D eigenvalue weighted by atomic mass is 9.89. The van der Waals surface area contributed by atoms with E-state index in [-0.39, 0.29) is 17.4 Å². The van der Waals surface area contributed by atoms with Gasteiger partial charge in [-0.3, -0.25) is 0 Å². The van der Waals surface area contributed by atoms with Crippen molar-refractivity contribution in [1.29, 1.82) is 0 Å². The van der Waals surface area contributed by atoms with Crippen LogP contribution in [0.4, 0.5) is 4.79 Å². The van der Waals surface area contributed by atoms with Gasteiger partial charge in [0.15, 0.2) is 0 Å². The molecular weight excluding hydrogens is 222 g/mol. The van der Waals surface area contributed by atoms with E-state index < -0.39 is 14.2 Å². The van der Waals surface area contributed by atoms with Crippen LogP contribution in [-0.2, 0) is 4.74 Å². The summed E-state index contributed by atoms with van der Waals surface area (Å²) in [4.78, 5) is 10.4. The molecule has 1 rings (SSSR count). The molecule has 0 atom stereocenters. The number of rotatable bonds is 4. The third-order valence-electron chi connectivity index (χ3n) is 3.69. The Bertz CT molecular complexity index is 267. The van der Waals surface area contributed by atoms with E-state index in [2.05, 4.69) is 38.8 Å². The Morgan fingerprint density at radius 3 is 2.25 bits per heavy atom. The summed E-state index contributed by atoms with van der Waals surface area (Å²) in [7, 11) is -1.34. The lowest BCUT2D eigenvalue weighted by molar-refractivity contribution is -0.0750. The maximum absolute atomic E-state index is 10.4. The van der Waals surface area contributed by atoms with Crippen molar-refractivity contribution in [3.63, 3.8) is 0 Å². The van der Waals surface area contributed by atoms with E-state index in [1.54, 1.807) is 0 Å². The van der Waals surface area contributed by atoms with Gasteiger partial charge in [0.1, 0.15) is 0 Å². The molecule has 1 amide bonds. The largest absolute Gasteiger partial charge is 0.465 e. The second-order valence-corrected chi connectivity index (χ2v) is 11.8. The highest BCUT2D eigenvalue weighted by Gasteiger charge is 2.41. The lowest BCUT2D eigenvalue weighted by Gasteiger charge is -2.45. The number of hydrogen-bond acceptors (Lipinski definition) is 2. The number of carboxylic acid groups (broad SMARTS) is 1. The number of ether oxygens (including phenoxy) is 1. The SMILES string of the molecule is CC(C)(O[C@H]1C[C@@H](NC(=O)O)C1)[Si](C)(C)C. The van der Waals surface area contributed by atoms with Crippen LogP contribution in [0.3, 0.4) is 0 Å². The molecule has 16 heavy (non-hydrogen) atoms. The van der Waals surface area contributed by atoms with Crippen molar-refractivity contribution in [3.8, 4) is 0 Å². The number of amides is 1. The molecule has 0 spiro atoms. The molecule has 0 aromatic heterocycles. The molecule has 1 fully saturated rings. The van der Waals surface area contributed by atoms with Gasteiger partial charge in [0.25, 0.3) is 0 Å². The first kappa shape index (κ1) is 13.5. The van der Waals surface area contributed by atoms with E-state index in [1.165, 1.54) is 0 Å². The first-order valence-electron chi connectivity index (χ1n) is 5.79. The highest BCUT2D eigenvalue weighted by Crippen LogP contribution is 2.32. The van der Waals surface area contributed by atoms with Gasteiger partial charge in [0.2, 0.25) is 0 Å². The fourth-order valence-electron chi connectivity index (χ4n) is 1.55. The van der Waals surface area contributed by atoms with Crippen molar-refractivity contribution in [2.75, 3.05) is 0 Å². The molecule has 0 aliphatic heterocycles. The fraction of sp³-hybridized carbons (Fsp3) is 0.909. The molecule has 0 saturated heterocycles. The zero-order chi connectivity index (χ0) is 12.6. The zero-order valence-electron chi connectivity index (χ0n) is 10.8. The Morgan fingerprint density at radius 2 is 1.88 bits per heavy atom. The van der Waals surface area contributed by atoms with E-state index in [0.717, 1.165) is 12.8 Å². The molecule has 0 aromatic rings. The quantitative estimate of drug-likeness (QED) is 0.748. The highest BCUT2D eigenvalue weighted by atomic mass is 28.3. The Labute approximate surface area is 98.4 Å². The number of carbonyl (C=O) groups is 1. The molecule has 94 valence electrons. The summed E-state index contributed by atoms with van der Waals surface area (Å²) in [6, 6.07) is 0.0833. The van der Waals surface area contributed by atoms with Gasteiger partial charge < -0.3 is 15.2 Å². The van der Waals surface area contributed by atoms with Crippen molar-refractivity contribution in [2.45, 2.75) is 63.7 Å². The summed E-state index contributed by atoms with van der Waals surface area (Å²) in [5, 5.41) is 11.0. The van der Waals surface area contributed by atoms with Gasteiger partial charge in [-0.25, -0.2) is 4.79 Å². The molecule has 0 radical (unpaired) electrons. The van der Waals surface area contributed by atoms with Crippen molar-refractivity contribution < 1.29 is 14.6 Å². The smallest absolute Gasteiger partial charge is 0.404 e. The van der Waals surface area contributed by atoms with E-state index in [1.807, 2.05) is 0 Å². The summed E-state index contributed by atoms with van der Waals surface area (Å²) >= 11 is 0. The zero-order valence-corrected chi connectivity index (χ0v) is 11.8. The molecule has 1 aliphatic carbocycles. The van der Waals surface area contributed by atoms with Crippen molar-refractivity contribution in [2.24, 2.45) is 0 Å². The van der Waals surface area contributed by atoms with Crippen LogP contribution in [0.5, 0.6) is 0 Å². The number of nitrogens with one attached hydrogen (secondary N) is 1. The van der Waals surface area contributed by atoms with Crippen LogP contribution >= 0.6 is 0 Å². The Morgan fingerprint density at radius 1 is 1.38 bits per heavy atom. The average Bonchev–Trinajstić information content (AvgIpc) is 1.96. The fourth-order valence-corrected chi connectivity index (χ4v) is 2.07. The second-order valence-electron chi connectivity index (χ2n) is 6.12. The minimum absolute atomic E-state index is 0.0497. The summed E-state index contributed by atoms with van der Waals surface area (Å²) < 4.78 is 6.08. The van der Waals surface area contributed by atoms with Crippen LogP contribution < -0.4 is 5.32 Å². The van der Waals surface area contributed by atoms with Crippen LogP contribution in [-0.4, -0.2) is 36.6 Å². The third kappa shape index (κ3) is 3.22. The van der Waals surface area contributed by atoms with Gasteiger partial charge in [0, 0.05) is 6.04 Å². The Balaban J connectivity index is 2.35. The molecule has 4 nitrogen and oxygen atoms in total. The first-order chi connectivity index (χ1) is 7.12. The van der Waals surface area contributed by atoms with Crippen LogP contribution in [0.15, 0.2) is 0 Å². The van der Waals surface area contributed by atoms with Crippen LogP contribution in [0.1, 0.15) is 26.7 Å². The minimum atomic E-state index is -1.34. The van der Waals surface area contributed by atoms with E-state index in [4.69, 9.17) is 9.84 Å². The summed E-state index contributed by atoms with van der Waals surface area (Å²) in [6.07, 6.45) is 0.895. The van der Waals surface area contributed by atoms with E-state index >= 15 is 0 Å². The molecule has 2 N–H and O–H groups in total. The monoisotopic (exact) mass is 245 g/mol. The molecule has 1 saturated carbocycles. The summed E-state index contributed by atoms with van der Waals surface area (Å²) in [5.74, 6) is 0. The summed E-state index contributed by atoms with van der Waals surface area (Å²) in [5.41, 5.74) is 0. The van der Waals surface area contributed by atoms with Gasteiger partial charge in [-0.15, -0.1) is 0 Å². The minimum Gasteiger partial charge on any atom is -0.465 e. The lowest BCUT2D eigenvalue weighted by Crippen LogP contribution is -2.56. The number of hydrogen-bond donors (Lipinski definition) is 2. The van der Waals surface area contributed by atoms with E-state index in [0.29, 0.717) is 0 Å². The molecule has 0 heterocycles. The molecule has 5 heteroatoms. The molecule has 0 unspecified atom stereocenters. The van der Waals surface area contributed by atoms with Gasteiger partial charge in [-0.05, 0) is 26.7 Å². The van der Waals surface area contributed by atoms with Gasteiger partial charge in [0.05, 0.1) is 19.4 Å². The molecule has 0 aromatic carbocycles. The van der Waals surface area contributed by atoms with Crippen molar-refractivity contribution >= 4 is 14.2 Å². The van der Waals surface area contributed by atoms with Crippen molar-refractivity contribution in [1.82, 2.24) is 5.32 Å². The van der Waals surface area contributed by atoms with Gasteiger partial charge >= 0.3 is 6.09 Å². The Hall–Kier alpha value is -0.553. The van der Waals surface area contributed by atoms with E-state index in [9.17, 15) is 4.79 Å². The summed E-state index contributed by atoms with van der Waals surface area (Å²) in [6.45, 7) is 11.2. The molecule has 0 bridgehead atoms. The predicted molar refractivity (Wildman–Crippen MR) is 66.5 cm³/mol. The van der Waals surface area contributed by atoms with Crippen LogP contribution in [0.2, 0.25) is 19.6 Å².